The van der Waals surface area contributed by atoms with Crippen LogP contribution in [-0.2, 0) is 11.3 Å². The van der Waals surface area contributed by atoms with Crippen molar-refractivity contribution in [3.8, 4) is 0 Å². The van der Waals surface area contributed by atoms with Crippen LogP contribution in [0.3, 0.4) is 0 Å². The fraction of sp³-hybridized carbons (Fsp3) is 0.640. The van der Waals surface area contributed by atoms with E-state index in [1.54, 1.807) is 0 Å². The highest BCUT2D eigenvalue weighted by atomic mass is 16.2. The van der Waals surface area contributed by atoms with Crippen LogP contribution in [0.4, 0.5) is 0 Å². The van der Waals surface area contributed by atoms with Gasteiger partial charge in [0.05, 0.1) is 0 Å². The van der Waals surface area contributed by atoms with E-state index in [2.05, 4.69) is 52.9 Å². The second-order valence-corrected chi connectivity index (χ2v) is 10.1. The molecule has 0 spiro atoms. The Labute approximate surface area is 174 Å². The summed E-state index contributed by atoms with van der Waals surface area (Å²) in [4.78, 5) is 21.3. The third-order valence-electron chi connectivity index (χ3n) is 7.64. The number of benzene rings is 1. The van der Waals surface area contributed by atoms with Crippen molar-refractivity contribution < 1.29 is 4.79 Å². The van der Waals surface area contributed by atoms with Crippen molar-refractivity contribution in [2.45, 2.75) is 71.0 Å². The van der Waals surface area contributed by atoms with Crippen molar-refractivity contribution in [1.82, 2.24) is 14.8 Å². The lowest BCUT2D eigenvalue weighted by atomic mass is 9.70. The van der Waals surface area contributed by atoms with Crippen LogP contribution in [0.15, 0.2) is 30.5 Å². The van der Waals surface area contributed by atoms with Gasteiger partial charge in [0.2, 0.25) is 5.91 Å². The zero-order valence-corrected chi connectivity index (χ0v) is 17.9. The Morgan fingerprint density at radius 1 is 1.17 bits per heavy atom. The molecule has 156 valence electrons. The SMILES string of the molecule is CC(C)CC[C@H]1[C@H]2C[C@H](CN(Cc3ccc4cc[nH]c4c3)C2)[C@@H]2CCCC(=O)N21. The zero-order valence-electron chi connectivity index (χ0n) is 17.9. The predicted molar refractivity (Wildman–Crippen MR) is 118 cm³/mol. The molecule has 0 unspecified atom stereocenters. The largest absolute Gasteiger partial charge is 0.361 e. The van der Waals surface area contributed by atoms with E-state index in [4.69, 9.17) is 0 Å². The second kappa shape index (κ2) is 7.79. The highest BCUT2D eigenvalue weighted by Crippen LogP contribution is 2.43. The fourth-order valence-electron chi connectivity index (χ4n) is 6.33. The van der Waals surface area contributed by atoms with Crippen LogP contribution in [0, 0.1) is 17.8 Å². The maximum Gasteiger partial charge on any atom is 0.223 e. The molecule has 1 N–H and O–H groups in total. The van der Waals surface area contributed by atoms with E-state index in [-0.39, 0.29) is 0 Å². The zero-order chi connectivity index (χ0) is 20.0. The van der Waals surface area contributed by atoms with Gasteiger partial charge in [-0.25, -0.2) is 0 Å². The number of nitrogens with zero attached hydrogens (tertiary/aromatic N) is 2. The van der Waals surface area contributed by atoms with Gasteiger partial charge in [-0.3, -0.25) is 9.69 Å². The van der Waals surface area contributed by atoms with E-state index in [0.717, 1.165) is 32.5 Å². The van der Waals surface area contributed by atoms with Crippen molar-refractivity contribution in [3.63, 3.8) is 0 Å². The summed E-state index contributed by atoms with van der Waals surface area (Å²) in [6.45, 7) is 7.93. The molecule has 3 aliphatic heterocycles. The number of hydrogen-bond donors (Lipinski definition) is 1. The first-order valence-corrected chi connectivity index (χ1v) is 11.7. The van der Waals surface area contributed by atoms with E-state index < -0.39 is 0 Å². The lowest BCUT2D eigenvalue weighted by molar-refractivity contribution is -0.153. The Bertz CT molecular complexity index is 872. The Balaban J connectivity index is 1.36. The first-order valence-electron chi connectivity index (χ1n) is 11.7. The summed E-state index contributed by atoms with van der Waals surface area (Å²) in [5.41, 5.74) is 2.63. The molecule has 0 aliphatic carbocycles. The number of carbonyl (C=O) groups excluding carboxylic acids is 1. The number of amides is 1. The molecule has 1 aromatic heterocycles. The first-order chi connectivity index (χ1) is 14.1. The molecular weight excluding hydrogens is 358 g/mol. The fourth-order valence-corrected chi connectivity index (χ4v) is 6.33. The number of carbonyl (C=O) groups is 1. The molecule has 0 radical (unpaired) electrons. The number of fused-ring (bicyclic) bond motifs is 5. The Morgan fingerprint density at radius 2 is 2.03 bits per heavy atom. The number of aromatic amines is 1. The van der Waals surface area contributed by atoms with Crippen molar-refractivity contribution in [2.24, 2.45) is 17.8 Å². The summed E-state index contributed by atoms with van der Waals surface area (Å²) < 4.78 is 0. The van der Waals surface area contributed by atoms with E-state index in [1.807, 2.05) is 6.20 Å². The van der Waals surface area contributed by atoms with Gasteiger partial charge in [-0.05, 0) is 72.9 Å². The topological polar surface area (TPSA) is 39.3 Å². The van der Waals surface area contributed by atoms with Gasteiger partial charge in [0.25, 0.3) is 0 Å². The van der Waals surface area contributed by atoms with Crippen molar-refractivity contribution in [3.05, 3.63) is 36.0 Å². The molecule has 4 atom stereocenters. The molecule has 0 saturated carbocycles. The van der Waals surface area contributed by atoms with Gasteiger partial charge in [0, 0.05) is 49.9 Å². The minimum absolute atomic E-state index is 0.440. The molecule has 1 amide bonds. The lowest BCUT2D eigenvalue weighted by Crippen LogP contribution is -2.64. The monoisotopic (exact) mass is 393 g/mol. The minimum Gasteiger partial charge on any atom is -0.361 e. The number of aromatic nitrogens is 1. The molecule has 2 aromatic rings. The third-order valence-corrected chi connectivity index (χ3v) is 7.64. The van der Waals surface area contributed by atoms with Crippen LogP contribution >= 0.6 is 0 Å². The summed E-state index contributed by atoms with van der Waals surface area (Å²) in [6, 6.07) is 9.91. The maximum atomic E-state index is 12.9. The van der Waals surface area contributed by atoms with E-state index in [9.17, 15) is 4.79 Å². The standard InChI is InChI=1S/C25H35N3O/c1-17(2)6-9-24-21-13-20(23-4-3-5-25(29)28(23)24)15-27(16-21)14-18-7-8-19-10-11-26-22(19)12-18/h7-8,10-12,17,20-21,23-24,26H,3-6,9,13-16H2,1-2H3/t20-,21+,23+,24+/m1/s1. The van der Waals surface area contributed by atoms with Crippen LogP contribution in [0.1, 0.15) is 57.9 Å². The summed E-state index contributed by atoms with van der Waals surface area (Å²) >= 11 is 0. The molecule has 2 bridgehead atoms. The van der Waals surface area contributed by atoms with E-state index in [1.165, 1.54) is 42.1 Å². The van der Waals surface area contributed by atoms with Gasteiger partial charge in [-0.2, -0.15) is 0 Å². The van der Waals surface area contributed by atoms with Gasteiger partial charge in [-0.1, -0.05) is 26.0 Å². The number of hydrogen-bond acceptors (Lipinski definition) is 2. The summed E-state index contributed by atoms with van der Waals surface area (Å²) in [7, 11) is 0. The number of nitrogens with one attached hydrogen (secondary N) is 1. The van der Waals surface area contributed by atoms with Crippen LogP contribution < -0.4 is 0 Å². The van der Waals surface area contributed by atoms with E-state index >= 15 is 0 Å². The quantitative estimate of drug-likeness (QED) is 0.792. The van der Waals surface area contributed by atoms with Crippen LogP contribution in [0.2, 0.25) is 0 Å². The van der Waals surface area contributed by atoms with Gasteiger partial charge < -0.3 is 9.88 Å². The minimum atomic E-state index is 0.440. The van der Waals surface area contributed by atoms with Crippen molar-refractivity contribution >= 4 is 16.8 Å². The molecule has 3 fully saturated rings. The number of H-pyrrole nitrogens is 1. The summed E-state index contributed by atoms with van der Waals surface area (Å²) in [5, 5.41) is 1.29. The smallest absolute Gasteiger partial charge is 0.223 e. The average molecular weight is 394 g/mol. The van der Waals surface area contributed by atoms with Gasteiger partial charge in [0.15, 0.2) is 0 Å². The molecule has 1 aromatic carbocycles. The Kier molecular flexibility index (Phi) is 5.15. The predicted octanol–water partition coefficient (Wildman–Crippen LogP) is 4.81. The number of likely N-dealkylation sites (tertiary alicyclic amines) is 1. The summed E-state index contributed by atoms with van der Waals surface area (Å²) in [6.07, 6.45) is 8.82. The Morgan fingerprint density at radius 3 is 2.90 bits per heavy atom. The van der Waals surface area contributed by atoms with E-state index in [0.29, 0.717) is 35.7 Å². The molecule has 3 saturated heterocycles. The molecule has 5 rings (SSSR count). The third kappa shape index (κ3) is 3.72. The second-order valence-electron chi connectivity index (χ2n) is 10.1. The Hall–Kier alpha value is -1.81. The normalized spacial score (nSPS) is 30.2. The van der Waals surface area contributed by atoms with Crippen molar-refractivity contribution in [1.29, 1.82) is 0 Å². The number of rotatable bonds is 5. The maximum absolute atomic E-state index is 12.9. The highest BCUT2D eigenvalue weighted by molar-refractivity contribution is 5.80. The van der Waals surface area contributed by atoms with Crippen LogP contribution in [-0.4, -0.2) is 45.9 Å². The molecule has 4 heteroatoms. The molecule has 29 heavy (non-hydrogen) atoms. The average Bonchev–Trinajstić information content (AvgIpc) is 3.16. The van der Waals surface area contributed by atoms with Crippen LogP contribution in [0.25, 0.3) is 10.9 Å². The molecule has 4 heterocycles. The molecule has 4 nitrogen and oxygen atoms in total. The van der Waals surface area contributed by atoms with Gasteiger partial charge in [-0.15, -0.1) is 0 Å². The van der Waals surface area contributed by atoms with Gasteiger partial charge in [0.1, 0.15) is 0 Å². The lowest BCUT2D eigenvalue weighted by Gasteiger charge is -2.57. The number of piperidine rings is 3. The van der Waals surface area contributed by atoms with Crippen molar-refractivity contribution in [2.75, 3.05) is 13.1 Å². The first kappa shape index (κ1) is 19.2. The molecular formula is C25H35N3O. The van der Waals surface area contributed by atoms with Crippen LogP contribution in [0.5, 0.6) is 0 Å². The van der Waals surface area contributed by atoms with Gasteiger partial charge >= 0.3 is 0 Å². The highest BCUT2D eigenvalue weighted by Gasteiger charge is 2.48. The summed E-state index contributed by atoms with van der Waals surface area (Å²) in [5.74, 6) is 2.44. The molecule has 3 aliphatic rings.